The predicted molar refractivity (Wildman–Crippen MR) is 111 cm³/mol. The molecule has 0 aliphatic heterocycles. The second kappa shape index (κ2) is 9.75. The number of rotatable bonds is 8. The van der Waals surface area contributed by atoms with Gasteiger partial charge in [0.2, 0.25) is 0 Å². The van der Waals surface area contributed by atoms with Crippen molar-refractivity contribution in [3.63, 3.8) is 0 Å². The molecule has 0 spiro atoms. The normalized spacial score (nSPS) is 10.9. The van der Waals surface area contributed by atoms with Crippen LogP contribution in [0.25, 0.3) is 0 Å². The Kier molecular flexibility index (Phi) is 7.65. The number of nitrogen functional groups attached to an aromatic ring is 1. The maximum Gasteiger partial charge on any atom is 0.330 e. The zero-order chi connectivity index (χ0) is 20.8. The summed E-state index contributed by atoms with van der Waals surface area (Å²) in [4.78, 5) is 45.3. The molecule has 152 valence electrons. The Morgan fingerprint density at radius 2 is 1.89 bits per heavy atom. The summed E-state index contributed by atoms with van der Waals surface area (Å²) in [6.07, 6.45) is 2.94. The minimum atomic E-state index is -0.724. The number of anilines is 2. The van der Waals surface area contributed by atoms with Gasteiger partial charge in [-0.1, -0.05) is 49.9 Å². The number of hydrogen-bond donors (Lipinski definition) is 2. The zero-order valence-electron chi connectivity index (χ0n) is 15.8. The van der Waals surface area contributed by atoms with E-state index in [1.54, 1.807) is 0 Å². The Balaban J connectivity index is 2.61. The van der Waals surface area contributed by atoms with Gasteiger partial charge < -0.3 is 10.6 Å². The SMILES string of the molecule is CCCCN(C(=O)c1ccc(Cl)nc1Cl)c1c(N)n(CCCC)c(=O)[nH]c1=O. The molecule has 0 saturated carbocycles. The average Bonchev–Trinajstić information content (AvgIpc) is 2.63. The van der Waals surface area contributed by atoms with Crippen LogP contribution >= 0.6 is 23.2 Å². The summed E-state index contributed by atoms with van der Waals surface area (Å²) in [5.74, 6) is -0.592. The number of carbonyl (C=O) groups is 1. The Bertz CT molecular complexity index is 971. The lowest BCUT2D eigenvalue weighted by Gasteiger charge is -2.24. The van der Waals surface area contributed by atoms with E-state index in [0.29, 0.717) is 19.4 Å². The summed E-state index contributed by atoms with van der Waals surface area (Å²) in [6, 6.07) is 2.88. The molecular formula is C18H23Cl2N5O3. The first-order chi connectivity index (χ1) is 13.3. The van der Waals surface area contributed by atoms with E-state index in [9.17, 15) is 14.4 Å². The van der Waals surface area contributed by atoms with Gasteiger partial charge in [0.05, 0.1) is 5.56 Å². The van der Waals surface area contributed by atoms with Crippen LogP contribution < -0.4 is 21.9 Å². The first-order valence-corrected chi connectivity index (χ1v) is 9.83. The second-order valence-electron chi connectivity index (χ2n) is 6.28. The third-order valence-electron chi connectivity index (χ3n) is 4.24. The number of hydrogen-bond acceptors (Lipinski definition) is 5. The number of H-pyrrole nitrogens is 1. The molecule has 0 fully saturated rings. The maximum absolute atomic E-state index is 13.2. The average molecular weight is 428 g/mol. The van der Waals surface area contributed by atoms with E-state index in [1.165, 1.54) is 21.6 Å². The quantitative estimate of drug-likeness (QED) is 0.628. The van der Waals surface area contributed by atoms with Crippen LogP contribution in [0.3, 0.4) is 0 Å². The molecule has 0 aliphatic carbocycles. The fraction of sp³-hybridized carbons (Fsp3) is 0.444. The summed E-state index contributed by atoms with van der Waals surface area (Å²) in [7, 11) is 0. The monoisotopic (exact) mass is 427 g/mol. The van der Waals surface area contributed by atoms with Gasteiger partial charge in [0.25, 0.3) is 11.5 Å². The van der Waals surface area contributed by atoms with Crippen molar-refractivity contribution in [2.45, 2.75) is 46.1 Å². The van der Waals surface area contributed by atoms with Crippen LogP contribution in [0.2, 0.25) is 10.3 Å². The highest BCUT2D eigenvalue weighted by Gasteiger charge is 2.26. The van der Waals surface area contributed by atoms with E-state index in [4.69, 9.17) is 28.9 Å². The summed E-state index contributed by atoms with van der Waals surface area (Å²) in [5.41, 5.74) is 4.85. The third kappa shape index (κ3) is 4.74. The van der Waals surface area contributed by atoms with Crippen molar-refractivity contribution in [3.05, 3.63) is 48.8 Å². The van der Waals surface area contributed by atoms with Crippen LogP contribution in [-0.2, 0) is 6.54 Å². The molecule has 28 heavy (non-hydrogen) atoms. The molecule has 0 atom stereocenters. The molecule has 0 radical (unpaired) electrons. The van der Waals surface area contributed by atoms with Gasteiger partial charge in [-0.3, -0.25) is 19.1 Å². The van der Waals surface area contributed by atoms with Crippen molar-refractivity contribution in [2.24, 2.45) is 0 Å². The summed E-state index contributed by atoms with van der Waals surface area (Å²) in [5, 5.41) is 0.0698. The van der Waals surface area contributed by atoms with Crippen molar-refractivity contribution in [1.29, 1.82) is 0 Å². The van der Waals surface area contributed by atoms with Crippen LogP contribution in [0.15, 0.2) is 21.7 Å². The molecule has 0 aromatic carbocycles. The standard InChI is InChI=1S/C18H23Cl2N5O3/c1-3-5-9-24(17(27)11-7-8-12(19)22-14(11)20)13-15(21)25(10-6-4-2)18(28)23-16(13)26/h7-8H,3-6,9-10,21H2,1-2H3,(H,23,26,28). The van der Waals surface area contributed by atoms with Crippen molar-refractivity contribution >= 4 is 40.6 Å². The van der Waals surface area contributed by atoms with Crippen molar-refractivity contribution in [3.8, 4) is 0 Å². The van der Waals surface area contributed by atoms with E-state index in [0.717, 1.165) is 12.8 Å². The van der Waals surface area contributed by atoms with Crippen molar-refractivity contribution in [2.75, 3.05) is 17.2 Å². The van der Waals surface area contributed by atoms with Gasteiger partial charge in [0, 0.05) is 13.1 Å². The summed E-state index contributed by atoms with van der Waals surface area (Å²) >= 11 is 11.9. The number of aromatic amines is 1. The van der Waals surface area contributed by atoms with Gasteiger partial charge in [-0.15, -0.1) is 0 Å². The van der Waals surface area contributed by atoms with Gasteiger partial charge in [0.1, 0.15) is 16.1 Å². The first kappa shape index (κ1) is 22.0. The number of nitrogens with one attached hydrogen (secondary N) is 1. The molecule has 1 amide bonds. The molecule has 2 rings (SSSR count). The molecule has 0 saturated heterocycles. The molecule has 0 bridgehead atoms. The van der Waals surface area contributed by atoms with Gasteiger partial charge >= 0.3 is 5.69 Å². The maximum atomic E-state index is 13.2. The minimum absolute atomic E-state index is 0.0512. The highest BCUT2D eigenvalue weighted by atomic mass is 35.5. The number of aromatic nitrogens is 3. The predicted octanol–water partition coefficient (Wildman–Crippen LogP) is 3.07. The van der Waals surface area contributed by atoms with E-state index >= 15 is 0 Å². The summed E-state index contributed by atoms with van der Waals surface area (Å²) in [6.45, 7) is 4.49. The second-order valence-corrected chi connectivity index (χ2v) is 7.03. The number of nitrogens with two attached hydrogens (primary N) is 1. The number of nitrogens with zero attached hydrogens (tertiary/aromatic N) is 3. The molecule has 2 aromatic rings. The lowest BCUT2D eigenvalue weighted by molar-refractivity contribution is 0.0986. The number of unbranched alkanes of at least 4 members (excludes halogenated alkanes) is 2. The molecule has 8 nitrogen and oxygen atoms in total. The molecule has 2 aromatic heterocycles. The third-order valence-corrected chi connectivity index (χ3v) is 4.74. The number of amides is 1. The Morgan fingerprint density at radius 1 is 1.21 bits per heavy atom. The number of halogens is 2. The molecule has 0 aliphatic rings. The van der Waals surface area contributed by atoms with Gasteiger partial charge in [-0.2, -0.15) is 0 Å². The highest BCUT2D eigenvalue weighted by Crippen LogP contribution is 2.24. The Labute approximate surface area is 172 Å². The molecular weight excluding hydrogens is 405 g/mol. The molecule has 0 unspecified atom stereocenters. The molecule has 10 heteroatoms. The molecule has 2 heterocycles. The number of pyridine rings is 1. The number of carbonyl (C=O) groups excluding carboxylic acids is 1. The van der Waals surface area contributed by atoms with Crippen LogP contribution in [-0.4, -0.2) is 27.0 Å². The van der Waals surface area contributed by atoms with E-state index in [2.05, 4.69) is 9.97 Å². The fourth-order valence-corrected chi connectivity index (χ4v) is 3.15. The fourth-order valence-electron chi connectivity index (χ4n) is 2.72. The van der Waals surface area contributed by atoms with Crippen molar-refractivity contribution in [1.82, 2.24) is 14.5 Å². The summed E-state index contributed by atoms with van der Waals surface area (Å²) < 4.78 is 1.27. The van der Waals surface area contributed by atoms with Crippen LogP contribution in [0.4, 0.5) is 11.5 Å². The smallest absolute Gasteiger partial charge is 0.330 e. The molecule has 3 N–H and O–H groups in total. The van der Waals surface area contributed by atoms with Crippen molar-refractivity contribution < 1.29 is 4.79 Å². The largest absolute Gasteiger partial charge is 0.383 e. The van der Waals surface area contributed by atoms with Gasteiger partial charge in [-0.25, -0.2) is 9.78 Å². The van der Waals surface area contributed by atoms with Crippen LogP contribution in [0.1, 0.15) is 49.9 Å². The van der Waals surface area contributed by atoms with Crippen LogP contribution in [0.5, 0.6) is 0 Å². The van der Waals surface area contributed by atoms with Crippen LogP contribution in [0, 0.1) is 0 Å². The zero-order valence-corrected chi connectivity index (χ0v) is 17.3. The minimum Gasteiger partial charge on any atom is -0.383 e. The van der Waals surface area contributed by atoms with E-state index in [-0.39, 0.29) is 33.9 Å². The van der Waals surface area contributed by atoms with E-state index in [1.807, 2.05) is 13.8 Å². The Hall–Kier alpha value is -2.32. The highest BCUT2D eigenvalue weighted by molar-refractivity contribution is 6.35. The van der Waals surface area contributed by atoms with Gasteiger partial charge in [-0.05, 0) is 25.0 Å². The first-order valence-electron chi connectivity index (χ1n) is 9.08. The van der Waals surface area contributed by atoms with Gasteiger partial charge in [0.15, 0.2) is 5.69 Å². The topological polar surface area (TPSA) is 114 Å². The Morgan fingerprint density at radius 3 is 2.50 bits per heavy atom. The van der Waals surface area contributed by atoms with E-state index < -0.39 is 17.2 Å². The lowest BCUT2D eigenvalue weighted by atomic mass is 10.2. The lowest BCUT2D eigenvalue weighted by Crippen LogP contribution is -2.41.